The minimum atomic E-state index is -3.32. The number of hydrogen-bond donors (Lipinski definition) is 2. The Morgan fingerprint density at radius 3 is 2.81 bits per heavy atom. The van der Waals surface area contributed by atoms with E-state index in [0.717, 1.165) is 0 Å². The van der Waals surface area contributed by atoms with Crippen LogP contribution in [-0.4, -0.2) is 31.9 Å². The highest BCUT2D eigenvalue weighted by atomic mass is 32.2. The van der Waals surface area contributed by atoms with Crippen LogP contribution >= 0.6 is 0 Å². The highest BCUT2D eigenvalue weighted by molar-refractivity contribution is 7.91. The van der Waals surface area contributed by atoms with E-state index in [-0.39, 0.29) is 16.7 Å². The maximum atomic E-state index is 13.4. The van der Waals surface area contributed by atoms with Gasteiger partial charge in [0, 0.05) is 12.6 Å². The molecule has 0 fully saturated rings. The number of aliphatic hydroxyl groups excluding tert-OH is 1. The summed E-state index contributed by atoms with van der Waals surface area (Å²) in [7, 11) is -3.32. The summed E-state index contributed by atoms with van der Waals surface area (Å²) < 4.78 is 37.4. The normalized spacial score (nSPS) is 22.0. The van der Waals surface area contributed by atoms with E-state index in [1.165, 1.54) is 18.2 Å². The maximum absolute atomic E-state index is 13.4. The zero-order valence-corrected chi connectivity index (χ0v) is 13.2. The minimum absolute atomic E-state index is 0.0452. The van der Waals surface area contributed by atoms with Gasteiger partial charge < -0.3 is 10.4 Å². The summed E-state index contributed by atoms with van der Waals surface area (Å²) in [6.07, 6.45) is 0.585. The van der Waals surface area contributed by atoms with Crippen molar-refractivity contribution in [1.29, 1.82) is 0 Å². The number of halogens is 1. The number of rotatable bonds is 5. The molecule has 1 aromatic carbocycles. The third-order valence-electron chi connectivity index (χ3n) is 3.70. The molecule has 2 unspecified atom stereocenters. The molecular formula is C15H22FNO3S. The molecule has 0 aliphatic carbocycles. The Labute approximate surface area is 125 Å². The SMILES string of the molecule is CC(C)CC(O)CNC1CCS(=O)(=O)c2ccc(F)cc21. The highest BCUT2D eigenvalue weighted by Gasteiger charge is 2.30. The maximum Gasteiger partial charge on any atom is 0.178 e. The van der Waals surface area contributed by atoms with Gasteiger partial charge in [-0.15, -0.1) is 0 Å². The average molecular weight is 315 g/mol. The van der Waals surface area contributed by atoms with E-state index in [4.69, 9.17) is 0 Å². The van der Waals surface area contributed by atoms with E-state index < -0.39 is 21.8 Å². The van der Waals surface area contributed by atoms with Crippen LogP contribution in [0.15, 0.2) is 23.1 Å². The fourth-order valence-electron chi connectivity index (χ4n) is 2.73. The quantitative estimate of drug-likeness (QED) is 0.816. The van der Waals surface area contributed by atoms with Crippen LogP contribution in [0, 0.1) is 11.7 Å². The first kappa shape index (κ1) is 16.4. The lowest BCUT2D eigenvalue weighted by Crippen LogP contribution is -2.35. The Hall–Kier alpha value is -0.980. The predicted octanol–water partition coefficient (Wildman–Crippen LogP) is 2.04. The molecule has 0 amide bonds. The third-order valence-corrected chi connectivity index (χ3v) is 5.52. The molecule has 0 aromatic heterocycles. The molecule has 4 nitrogen and oxygen atoms in total. The largest absolute Gasteiger partial charge is 0.392 e. The Morgan fingerprint density at radius 1 is 1.43 bits per heavy atom. The second-order valence-corrected chi connectivity index (χ2v) is 8.11. The third kappa shape index (κ3) is 4.02. The van der Waals surface area contributed by atoms with Crippen molar-refractivity contribution in [2.75, 3.05) is 12.3 Å². The molecule has 2 rings (SSSR count). The first-order valence-corrected chi connectivity index (χ1v) is 8.88. The van der Waals surface area contributed by atoms with Crippen molar-refractivity contribution in [2.45, 2.75) is 43.7 Å². The van der Waals surface area contributed by atoms with Crippen molar-refractivity contribution in [3.8, 4) is 0 Å². The van der Waals surface area contributed by atoms with Gasteiger partial charge in [0.25, 0.3) is 0 Å². The number of benzene rings is 1. The summed E-state index contributed by atoms with van der Waals surface area (Å²) in [4.78, 5) is 0.200. The van der Waals surface area contributed by atoms with E-state index in [9.17, 15) is 17.9 Å². The van der Waals surface area contributed by atoms with Crippen LogP contribution in [0.5, 0.6) is 0 Å². The van der Waals surface area contributed by atoms with E-state index in [1.807, 2.05) is 13.8 Å². The highest BCUT2D eigenvalue weighted by Crippen LogP contribution is 2.32. The number of fused-ring (bicyclic) bond motifs is 1. The topological polar surface area (TPSA) is 66.4 Å². The standard InChI is InChI=1S/C15H22FNO3S/c1-10(2)7-12(18)9-17-14-5-6-21(19,20)15-4-3-11(16)8-13(14)15/h3-4,8,10,12,14,17-18H,5-7,9H2,1-2H3. The van der Waals surface area contributed by atoms with Crippen LogP contribution in [0.1, 0.15) is 38.3 Å². The van der Waals surface area contributed by atoms with Gasteiger partial charge in [-0.25, -0.2) is 12.8 Å². The summed E-state index contributed by atoms with van der Waals surface area (Å²) in [6.45, 7) is 4.43. The van der Waals surface area contributed by atoms with Crippen molar-refractivity contribution >= 4 is 9.84 Å². The Morgan fingerprint density at radius 2 is 2.14 bits per heavy atom. The van der Waals surface area contributed by atoms with E-state index in [1.54, 1.807) is 0 Å². The lowest BCUT2D eigenvalue weighted by Gasteiger charge is -2.27. The molecule has 2 N–H and O–H groups in total. The van der Waals surface area contributed by atoms with Crippen LogP contribution in [0.4, 0.5) is 4.39 Å². The molecule has 118 valence electrons. The van der Waals surface area contributed by atoms with E-state index in [2.05, 4.69) is 5.32 Å². The summed E-state index contributed by atoms with van der Waals surface area (Å²) in [5, 5.41) is 13.1. The van der Waals surface area contributed by atoms with Crippen LogP contribution in [-0.2, 0) is 9.84 Å². The van der Waals surface area contributed by atoms with Crippen LogP contribution < -0.4 is 5.32 Å². The number of sulfone groups is 1. The molecule has 6 heteroatoms. The van der Waals surface area contributed by atoms with Gasteiger partial charge in [0.15, 0.2) is 9.84 Å². The lowest BCUT2D eigenvalue weighted by molar-refractivity contribution is 0.142. The van der Waals surface area contributed by atoms with Crippen molar-refractivity contribution in [3.05, 3.63) is 29.6 Å². The van der Waals surface area contributed by atoms with E-state index in [0.29, 0.717) is 30.9 Å². The van der Waals surface area contributed by atoms with Gasteiger partial charge >= 0.3 is 0 Å². The minimum Gasteiger partial charge on any atom is -0.392 e. The fourth-order valence-corrected chi connectivity index (χ4v) is 4.33. The molecule has 1 aromatic rings. The molecular weight excluding hydrogens is 293 g/mol. The number of aliphatic hydroxyl groups is 1. The first-order chi connectivity index (χ1) is 9.79. The number of nitrogens with one attached hydrogen (secondary N) is 1. The van der Waals surface area contributed by atoms with Gasteiger partial charge in [-0.3, -0.25) is 0 Å². The van der Waals surface area contributed by atoms with E-state index >= 15 is 0 Å². The summed E-state index contributed by atoms with van der Waals surface area (Å²) >= 11 is 0. The Balaban J connectivity index is 2.14. The van der Waals surface area contributed by atoms with Gasteiger partial charge in [-0.05, 0) is 42.5 Å². The van der Waals surface area contributed by atoms with Crippen molar-refractivity contribution in [3.63, 3.8) is 0 Å². The first-order valence-electron chi connectivity index (χ1n) is 7.23. The molecule has 21 heavy (non-hydrogen) atoms. The second-order valence-electron chi connectivity index (χ2n) is 6.03. The molecule has 0 bridgehead atoms. The fraction of sp³-hybridized carbons (Fsp3) is 0.600. The summed E-state index contributed by atoms with van der Waals surface area (Å²) in [5.41, 5.74) is 0.470. The Bertz CT molecular complexity index is 601. The molecule has 1 aliphatic rings. The van der Waals surface area contributed by atoms with Gasteiger partial charge in [-0.2, -0.15) is 0 Å². The molecule has 0 radical (unpaired) electrons. The second kappa shape index (κ2) is 6.42. The Kier molecular flexibility index (Phi) is 5.01. The van der Waals surface area contributed by atoms with Crippen molar-refractivity contribution in [1.82, 2.24) is 5.32 Å². The van der Waals surface area contributed by atoms with Gasteiger partial charge in [0.1, 0.15) is 5.82 Å². The zero-order chi connectivity index (χ0) is 15.6. The van der Waals surface area contributed by atoms with Gasteiger partial charge in [0.2, 0.25) is 0 Å². The number of hydrogen-bond acceptors (Lipinski definition) is 4. The van der Waals surface area contributed by atoms with Crippen LogP contribution in [0.2, 0.25) is 0 Å². The molecule has 0 saturated carbocycles. The monoisotopic (exact) mass is 315 g/mol. The summed E-state index contributed by atoms with van der Waals surface area (Å²) in [5.74, 6) is -0.0116. The van der Waals surface area contributed by atoms with Crippen molar-refractivity contribution in [2.24, 2.45) is 5.92 Å². The molecule has 2 atom stereocenters. The molecule has 1 aliphatic heterocycles. The summed E-state index contributed by atoms with van der Waals surface area (Å²) in [6, 6.07) is 3.55. The predicted molar refractivity (Wildman–Crippen MR) is 79.3 cm³/mol. The lowest BCUT2D eigenvalue weighted by atomic mass is 10.0. The average Bonchev–Trinajstić information content (AvgIpc) is 2.36. The molecule has 1 heterocycles. The van der Waals surface area contributed by atoms with Crippen LogP contribution in [0.3, 0.4) is 0 Å². The van der Waals surface area contributed by atoms with Gasteiger partial charge in [-0.1, -0.05) is 13.8 Å². The van der Waals surface area contributed by atoms with Gasteiger partial charge in [0.05, 0.1) is 16.8 Å². The smallest absolute Gasteiger partial charge is 0.178 e. The molecule has 0 spiro atoms. The zero-order valence-electron chi connectivity index (χ0n) is 12.3. The molecule has 0 saturated heterocycles. The van der Waals surface area contributed by atoms with Crippen LogP contribution in [0.25, 0.3) is 0 Å². The van der Waals surface area contributed by atoms with Crippen molar-refractivity contribution < 1.29 is 17.9 Å².